The first-order chi connectivity index (χ1) is 11.9. The van der Waals surface area contributed by atoms with E-state index in [1.807, 2.05) is 0 Å². The summed E-state index contributed by atoms with van der Waals surface area (Å²) in [6, 6.07) is 0. The van der Waals surface area contributed by atoms with E-state index >= 15 is 0 Å². The molecule has 2 N–H and O–H groups in total. The predicted octanol–water partition coefficient (Wildman–Crippen LogP) is 4.89. The van der Waals surface area contributed by atoms with Crippen LogP contribution in [0.2, 0.25) is 0 Å². The van der Waals surface area contributed by atoms with Gasteiger partial charge in [0, 0.05) is 12.3 Å². The highest BCUT2D eigenvalue weighted by atomic mass is 16.4. The fourth-order valence-corrected chi connectivity index (χ4v) is 3.62. The van der Waals surface area contributed by atoms with Gasteiger partial charge in [0.05, 0.1) is 0 Å². The molecule has 0 aliphatic heterocycles. The highest BCUT2D eigenvalue weighted by Gasteiger charge is 2.32. The molecule has 0 amide bonds. The van der Waals surface area contributed by atoms with Crippen molar-refractivity contribution in [1.29, 1.82) is 0 Å². The Labute approximate surface area is 152 Å². The summed E-state index contributed by atoms with van der Waals surface area (Å²) in [4.78, 5) is 23.0. The first-order valence-electron chi connectivity index (χ1n) is 10.0. The van der Waals surface area contributed by atoms with Crippen molar-refractivity contribution in [2.75, 3.05) is 0 Å². The maximum Gasteiger partial charge on any atom is 0.335 e. The second kappa shape index (κ2) is 11.5. The molecule has 0 aromatic rings. The Bertz CT molecular complexity index is 439. The average Bonchev–Trinajstić information content (AvgIpc) is 2.90. The Morgan fingerprint density at radius 2 is 1.92 bits per heavy atom. The van der Waals surface area contributed by atoms with Gasteiger partial charge in [-0.1, -0.05) is 51.2 Å². The molecule has 144 valence electrons. The van der Waals surface area contributed by atoms with E-state index in [0.717, 1.165) is 32.1 Å². The normalized spacial score (nSPS) is 23.2. The quantitative estimate of drug-likeness (QED) is 0.365. The second-order valence-electron chi connectivity index (χ2n) is 7.73. The summed E-state index contributed by atoms with van der Waals surface area (Å²) in [6.07, 6.45) is 16.0. The number of carboxylic acid groups (broad SMARTS) is 1. The van der Waals surface area contributed by atoms with E-state index in [0.29, 0.717) is 24.5 Å². The number of carboxylic acids is 1. The van der Waals surface area contributed by atoms with Gasteiger partial charge in [-0.2, -0.15) is 0 Å². The molecule has 1 aliphatic rings. The van der Waals surface area contributed by atoms with E-state index in [1.54, 1.807) is 0 Å². The zero-order valence-corrected chi connectivity index (χ0v) is 16.0. The number of Topliss-reactive ketones (excluding diaryl/α,β-unsaturated/α-hetero) is 1. The van der Waals surface area contributed by atoms with Crippen molar-refractivity contribution in [3.63, 3.8) is 0 Å². The molecule has 1 saturated carbocycles. The van der Waals surface area contributed by atoms with Crippen LogP contribution in [0.5, 0.6) is 0 Å². The largest absolute Gasteiger partial charge is 0.479 e. The molecule has 4 heteroatoms. The van der Waals surface area contributed by atoms with Crippen LogP contribution in [0.1, 0.15) is 90.9 Å². The molecule has 1 fully saturated rings. The van der Waals surface area contributed by atoms with Crippen molar-refractivity contribution in [2.24, 2.45) is 11.8 Å². The number of hydrogen-bond acceptors (Lipinski definition) is 3. The lowest BCUT2D eigenvalue weighted by atomic mass is 9.89. The summed E-state index contributed by atoms with van der Waals surface area (Å²) in [5, 5.41) is 18.6. The Hall–Kier alpha value is -1.16. The molecule has 0 bridgehead atoms. The third kappa shape index (κ3) is 8.17. The molecule has 4 nitrogen and oxygen atoms in total. The fraction of sp³-hybridized carbons (Fsp3) is 0.810. The van der Waals surface area contributed by atoms with Crippen molar-refractivity contribution in [1.82, 2.24) is 0 Å². The van der Waals surface area contributed by atoms with Crippen molar-refractivity contribution in [3.8, 4) is 0 Å². The third-order valence-corrected chi connectivity index (χ3v) is 5.40. The van der Waals surface area contributed by atoms with E-state index in [-0.39, 0.29) is 12.3 Å². The molecule has 1 aliphatic carbocycles. The van der Waals surface area contributed by atoms with Gasteiger partial charge in [0.15, 0.2) is 5.60 Å². The molecule has 3 atom stereocenters. The number of unbranched alkanes of at least 4 members (excludes halogenated alkanes) is 6. The fourth-order valence-electron chi connectivity index (χ4n) is 3.62. The van der Waals surface area contributed by atoms with Gasteiger partial charge >= 0.3 is 5.97 Å². The molecule has 0 aromatic heterocycles. The van der Waals surface area contributed by atoms with Crippen LogP contribution in [-0.2, 0) is 9.59 Å². The molecule has 1 unspecified atom stereocenters. The highest BCUT2D eigenvalue weighted by Crippen LogP contribution is 2.34. The van der Waals surface area contributed by atoms with Gasteiger partial charge < -0.3 is 10.2 Å². The Morgan fingerprint density at radius 3 is 2.60 bits per heavy atom. The summed E-state index contributed by atoms with van der Waals surface area (Å²) in [6.45, 7) is 3.56. The van der Waals surface area contributed by atoms with Crippen molar-refractivity contribution in [3.05, 3.63) is 12.2 Å². The first kappa shape index (κ1) is 21.9. The van der Waals surface area contributed by atoms with E-state index in [9.17, 15) is 14.7 Å². The minimum atomic E-state index is -1.63. The number of carbonyl (C=O) groups excluding carboxylic acids is 1. The van der Waals surface area contributed by atoms with E-state index in [4.69, 9.17) is 5.11 Å². The lowest BCUT2D eigenvalue weighted by molar-refractivity contribution is -0.157. The number of allylic oxidation sites excluding steroid dienone is 2. The van der Waals surface area contributed by atoms with Crippen LogP contribution < -0.4 is 0 Å². The lowest BCUT2D eigenvalue weighted by Gasteiger charge is -2.18. The van der Waals surface area contributed by atoms with Crippen LogP contribution in [0.4, 0.5) is 0 Å². The van der Waals surface area contributed by atoms with Gasteiger partial charge in [0.2, 0.25) is 0 Å². The molecular weight excluding hydrogens is 316 g/mol. The zero-order valence-electron chi connectivity index (χ0n) is 16.0. The van der Waals surface area contributed by atoms with E-state index in [1.165, 1.54) is 32.6 Å². The van der Waals surface area contributed by atoms with Crippen LogP contribution in [0.15, 0.2) is 12.2 Å². The summed E-state index contributed by atoms with van der Waals surface area (Å²) in [5.74, 6) is -0.242. The minimum absolute atomic E-state index is 0.145. The minimum Gasteiger partial charge on any atom is -0.479 e. The van der Waals surface area contributed by atoms with Crippen LogP contribution in [0.3, 0.4) is 0 Å². The van der Waals surface area contributed by atoms with E-state index in [2.05, 4.69) is 19.1 Å². The number of rotatable bonds is 13. The van der Waals surface area contributed by atoms with Crippen LogP contribution in [0, 0.1) is 11.8 Å². The van der Waals surface area contributed by atoms with Gasteiger partial charge in [0.1, 0.15) is 5.78 Å². The van der Waals surface area contributed by atoms with Crippen LogP contribution in [-0.4, -0.2) is 27.6 Å². The summed E-state index contributed by atoms with van der Waals surface area (Å²) < 4.78 is 0. The molecule has 25 heavy (non-hydrogen) atoms. The average molecular weight is 353 g/mol. The van der Waals surface area contributed by atoms with Gasteiger partial charge in [-0.05, 0) is 51.4 Å². The zero-order chi connectivity index (χ0) is 18.7. The molecule has 0 saturated heterocycles. The van der Waals surface area contributed by atoms with Gasteiger partial charge in [-0.3, -0.25) is 4.79 Å². The lowest BCUT2D eigenvalue weighted by Crippen LogP contribution is -2.34. The summed E-state index contributed by atoms with van der Waals surface area (Å²) in [7, 11) is 0. The number of aliphatic hydroxyl groups is 1. The maximum absolute atomic E-state index is 12.1. The number of aliphatic carboxylic acids is 1. The monoisotopic (exact) mass is 352 g/mol. The predicted molar refractivity (Wildman–Crippen MR) is 100 cm³/mol. The van der Waals surface area contributed by atoms with Crippen molar-refractivity contribution < 1.29 is 19.8 Å². The third-order valence-electron chi connectivity index (χ3n) is 5.40. The summed E-state index contributed by atoms with van der Waals surface area (Å²) >= 11 is 0. The number of carbonyl (C=O) groups is 2. The molecule has 0 spiro atoms. The SMILES string of the molecule is CCCCCCC=C[C@H]1CCC(=O)[C@@H]1CCCCCC(C)(O)C(=O)O. The Balaban J connectivity index is 2.26. The number of hydrogen-bond donors (Lipinski definition) is 2. The molecule has 0 aromatic carbocycles. The van der Waals surface area contributed by atoms with Crippen LogP contribution in [0.25, 0.3) is 0 Å². The smallest absolute Gasteiger partial charge is 0.335 e. The Kier molecular flexibility index (Phi) is 10.0. The van der Waals surface area contributed by atoms with Gasteiger partial charge in [-0.25, -0.2) is 4.79 Å². The standard InChI is InChI=1S/C21H36O4/c1-3-4-5-6-7-9-12-17-14-15-19(22)18(17)13-10-8-11-16-21(2,25)20(23)24/h9,12,17-18,25H,3-8,10-11,13-16H2,1-2H3,(H,23,24)/t17-,18+,21?/m0/s1. The maximum atomic E-state index is 12.1. The van der Waals surface area contributed by atoms with Crippen molar-refractivity contribution >= 4 is 11.8 Å². The van der Waals surface area contributed by atoms with Gasteiger partial charge in [-0.15, -0.1) is 0 Å². The second-order valence-corrected chi connectivity index (χ2v) is 7.73. The molecule has 0 radical (unpaired) electrons. The van der Waals surface area contributed by atoms with Crippen LogP contribution >= 0.6 is 0 Å². The molecule has 0 heterocycles. The summed E-state index contributed by atoms with van der Waals surface area (Å²) in [5.41, 5.74) is -1.63. The Morgan fingerprint density at radius 1 is 1.20 bits per heavy atom. The molecule has 1 rings (SSSR count). The van der Waals surface area contributed by atoms with E-state index < -0.39 is 11.6 Å². The molecular formula is C21H36O4. The first-order valence-corrected chi connectivity index (χ1v) is 10.0. The highest BCUT2D eigenvalue weighted by molar-refractivity contribution is 5.83. The number of ketones is 1. The van der Waals surface area contributed by atoms with Crippen molar-refractivity contribution in [2.45, 2.75) is 96.5 Å². The topological polar surface area (TPSA) is 74.6 Å². The van der Waals surface area contributed by atoms with Gasteiger partial charge in [0.25, 0.3) is 0 Å².